The molecule has 0 bridgehead atoms. The van der Waals surface area contributed by atoms with Crippen molar-refractivity contribution in [3.63, 3.8) is 0 Å². The van der Waals surface area contributed by atoms with E-state index < -0.39 is 23.9 Å². The molecule has 0 atom stereocenters. The number of carboxylic acid groups (broad SMARTS) is 4. The number of nitrogens with zero attached hydrogens (tertiary/aromatic N) is 4. The maximum atomic E-state index is 11.2. The minimum absolute atomic E-state index is 0.00565. The first-order valence-corrected chi connectivity index (χ1v) is 33.5. The van der Waals surface area contributed by atoms with Gasteiger partial charge in [-0.15, -0.1) is 0 Å². The largest absolute Gasteiger partial charge is 0.480 e. The standard InChI is InChI=1S/3C17H17NO2.C15H13NO2.7C2H6.CH3F/c3*1-11-7-8-14-9-13-5-3-4-6-15(13)18(10-16(19)20)17(14)12(11)2;17-15(18)10-16-13-7-3-1-5-11(13)9-12-6-2-4-8-14(12)16;8*1-2/h3*3-8H,9-10H2,1-2H3,(H,19,20);1-8H,9-10H2,(H,17,18);7*1-2H3;1H3. The second-order valence-corrected chi connectivity index (χ2v) is 20.3. The Labute approximate surface area is 563 Å². The van der Waals surface area contributed by atoms with Crippen LogP contribution in [0.4, 0.5) is 49.9 Å². The van der Waals surface area contributed by atoms with Crippen LogP contribution in [-0.2, 0) is 44.9 Å². The predicted octanol–water partition coefficient (Wildman–Crippen LogP) is 20.9. The summed E-state index contributed by atoms with van der Waals surface area (Å²) in [6.45, 7) is 40.4. The Morgan fingerprint density at radius 2 is 0.447 bits per heavy atom. The van der Waals surface area contributed by atoms with E-state index in [1.807, 2.05) is 208 Å². The van der Waals surface area contributed by atoms with Crippen LogP contribution in [0.15, 0.2) is 158 Å². The van der Waals surface area contributed by atoms with Gasteiger partial charge in [-0.25, -0.2) is 0 Å². The lowest BCUT2D eigenvalue weighted by molar-refractivity contribution is -0.136. The molecule has 0 radical (unpaired) electrons. The molecule has 4 N–H and O–H groups in total. The average Bonchev–Trinajstić information content (AvgIpc) is 0.787. The number of alkyl halides is 1. The fourth-order valence-corrected chi connectivity index (χ4v) is 11.3. The number of carboxylic acids is 4. The van der Waals surface area contributed by atoms with Crippen LogP contribution in [0.1, 0.15) is 175 Å². The van der Waals surface area contributed by atoms with Crippen molar-refractivity contribution in [1.82, 2.24) is 0 Å². The Morgan fingerprint density at radius 3 is 0.649 bits per heavy atom. The van der Waals surface area contributed by atoms with Crippen molar-refractivity contribution in [1.29, 1.82) is 0 Å². The summed E-state index contributed by atoms with van der Waals surface area (Å²) in [6.07, 6.45) is 3.46. The first-order valence-electron chi connectivity index (χ1n) is 33.5. The Morgan fingerprint density at radius 1 is 0.277 bits per heavy atom. The molecule has 508 valence electrons. The Kier molecular flexibility index (Phi) is 38.4. The van der Waals surface area contributed by atoms with E-state index >= 15 is 0 Å². The lowest BCUT2D eigenvalue weighted by Crippen LogP contribution is -2.30. The number of anilines is 8. The van der Waals surface area contributed by atoms with Gasteiger partial charge in [-0.1, -0.05) is 224 Å². The van der Waals surface area contributed by atoms with Crippen LogP contribution in [-0.4, -0.2) is 77.7 Å². The molecule has 8 aromatic rings. The van der Waals surface area contributed by atoms with Crippen LogP contribution in [0.25, 0.3) is 0 Å². The van der Waals surface area contributed by atoms with Gasteiger partial charge in [0.2, 0.25) is 0 Å². The van der Waals surface area contributed by atoms with E-state index in [-0.39, 0.29) is 26.2 Å². The molecule has 12 nitrogen and oxygen atoms in total. The molecule has 4 aliphatic heterocycles. The summed E-state index contributed by atoms with van der Waals surface area (Å²) < 4.78 is 9.50. The number of benzene rings is 8. The van der Waals surface area contributed by atoms with Crippen molar-refractivity contribution in [3.05, 3.63) is 236 Å². The number of hydrogen-bond acceptors (Lipinski definition) is 8. The zero-order valence-electron chi connectivity index (χ0n) is 60.3. The molecule has 12 rings (SSSR count). The highest BCUT2D eigenvalue weighted by molar-refractivity contribution is 5.88. The zero-order valence-corrected chi connectivity index (χ0v) is 60.3. The number of carbonyl (C=O) groups is 4. The number of rotatable bonds is 8. The van der Waals surface area contributed by atoms with Crippen LogP contribution in [0.3, 0.4) is 0 Å². The number of fused-ring (bicyclic) bond motifs is 8. The smallest absolute Gasteiger partial charge is 0.323 e. The molecular weight excluding hydrogens is 1180 g/mol. The van der Waals surface area contributed by atoms with Gasteiger partial charge in [-0.3, -0.25) is 23.6 Å². The maximum Gasteiger partial charge on any atom is 0.323 e. The van der Waals surface area contributed by atoms with Crippen LogP contribution in [0, 0.1) is 41.5 Å². The molecule has 0 spiro atoms. The van der Waals surface area contributed by atoms with Crippen molar-refractivity contribution in [2.45, 2.75) is 164 Å². The summed E-state index contributed by atoms with van der Waals surface area (Å²) in [5, 5.41) is 36.8. The highest BCUT2D eigenvalue weighted by atomic mass is 19.1. The molecule has 8 aromatic carbocycles. The Hall–Kier alpha value is -9.23. The van der Waals surface area contributed by atoms with Gasteiger partial charge in [0.1, 0.15) is 26.2 Å². The number of hydrogen-bond donors (Lipinski definition) is 4. The molecule has 0 saturated heterocycles. The highest BCUT2D eigenvalue weighted by Crippen LogP contribution is 2.44. The molecule has 0 amide bonds. The quantitative estimate of drug-likeness (QED) is 0.114. The highest BCUT2D eigenvalue weighted by Gasteiger charge is 2.30. The van der Waals surface area contributed by atoms with Crippen LogP contribution >= 0.6 is 0 Å². The van der Waals surface area contributed by atoms with E-state index in [1.54, 1.807) is 0 Å². The minimum atomic E-state index is -0.818. The van der Waals surface area contributed by atoms with Crippen molar-refractivity contribution in [2.24, 2.45) is 0 Å². The van der Waals surface area contributed by atoms with E-state index in [0.717, 1.165) is 71.2 Å². The lowest BCUT2D eigenvalue weighted by Gasteiger charge is -2.34. The zero-order chi connectivity index (χ0) is 71.4. The van der Waals surface area contributed by atoms with Crippen LogP contribution in [0.5, 0.6) is 0 Å². The second-order valence-electron chi connectivity index (χ2n) is 20.3. The van der Waals surface area contributed by atoms with E-state index in [1.165, 1.54) is 77.9 Å². The molecule has 94 heavy (non-hydrogen) atoms. The van der Waals surface area contributed by atoms with E-state index in [0.29, 0.717) is 7.18 Å². The minimum Gasteiger partial charge on any atom is -0.480 e. The molecule has 0 aromatic heterocycles. The van der Waals surface area contributed by atoms with Gasteiger partial charge >= 0.3 is 23.9 Å². The summed E-state index contributed by atoms with van der Waals surface area (Å²) in [5.74, 6) is -3.25. The van der Waals surface area contributed by atoms with Gasteiger partial charge in [-0.05, 0) is 150 Å². The molecule has 0 fully saturated rings. The molecular formula is C81H109FN4O8. The summed E-state index contributed by atoms with van der Waals surface area (Å²) in [7, 11) is 0.500. The van der Waals surface area contributed by atoms with Crippen molar-refractivity contribution in [3.8, 4) is 0 Å². The van der Waals surface area contributed by atoms with E-state index in [9.17, 15) is 38.9 Å². The summed E-state index contributed by atoms with van der Waals surface area (Å²) in [5.41, 5.74) is 24.8. The fourth-order valence-electron chi connectivity index (χ4n) is 11.3. The summed E-state index contributed by atoms with van der Waals surface area (Å²) in [4.78, 5) is 52.4. The van der Waals surface area contributed by atoms with E-state index in [4.69, 9.17) is 5.11 Å². The topological polar surface area (TPSA) is 162 Å². The lowest BCUT2D eigenvalue weighted by atomic mass is 9.91. The Bertz CT molecular complexity index is 3300. The van der Waals surface area contributed by atoms with Crippen LogP contribution < -0.4 is 19.6 Å². The first kappa shape index (κ1) is 82.8. The van der Waals surface area contributed by atoms with Gasteiger partial charge < -0.3 is 40.0 Å². The van der Waals surface area contributed by atoms with Crippen molar-refractivity contribution in [2.75, 3.05) is 53.0 Å². The first-order chi connectivity index (χ1) is 45.5. The third-order valence-electron chi connectivity index (χ3n) is 15.3. The third-order valence-corrected chi connectivity index (χ3v) is 15.3. The molecule has 0 saturated carbocycles. The molecule has 0 unspecified atom stereocenters. The van der Waals surface area contributed by atoms with Crippen molar-refractivity contribution < 1.29 is 44.0 Å². The number of aliphatic carboxylic acids is 4. The maximum absolute atomic E-state index is 11.2. The summed E-state index contributed by atoms with van der Waals surface area (Å²) in [6, 6.07) is 52.7. The Balaban J connectivity index is 0.000000584. The molecule has 4 aliphatic rings. The third kappa shape index (κ3) is 21.4. The molecule has 13 heteroatoms. The van der Waals surface area contributed by atoms with Gasteiger partial charge in [0.05, 0.1) is 7.18 Å². The normalized spacial score (nSPS) is 11.1. The SMILES string of the molecule is CC.CC.CC.CC.CC.CC.CC.CF.Cc1ccc2c(c1C)N(CC(=O)O)c1ccccc1C2.Cc1ccc2c(c1C)N(CC(=O)O)c1ccccc1C2.Cc1ccc2c(c1C)N(CC(=O)O)c1ccccc1C2.O=C(O)CN1c2ccccc2Cc2ccccc21. The van der Waals surface area contributed by atoms with E-state index in [2.05, 4.69) is 108 Å². The number of para-hydroxylation sites is 5. The second kappa shape index (κ2) is 43.6. The molecule has 4 heterocycles. The van der Waals surface area contributed by atoms with Gasteiger partial charge in [0.15, 0.2) is 0 Å². The van der Waals surface area contributed by atoms with Gasteiger partial charge in [-0.2, -0.15) is 0 Å². The summed E-state index contributed by atoms with van der Waals surface area (Å²) >= 11 is 0. The average molecular weight is 1290 g/mol. The number of halogens is 1. The monoisotopic (exact) mass is 1280 g/mol. The number of aryl methyl sites for hydroxylation is 3. The fraction of sp³-hybridized carbons (Fsp3) is 0.358. The van der Waals surface area contributed by atoms with Crippen molar-refractivity contribution >= 4 is 69.4 Å². The molecule has 0 aliphatic carbocycles. The van der Waals surface area contributed by atoms with Gasteiger partial charge in [0, 0.05) is 71.2 Å². The van der Waals surface area contributed by atoms with Crippen LogP contribution in [0.2, 0.25) is 0 Å². The van der Waals surface area contributed by atoms with Gasteiger partial charge in [0.25, 0.3) is 0 Å². The predicted molar refractivity (Wildman–Crippen MR) is 396 cm³/mol.